The first-order valence-electron chi connectivity index (χ1n) is 7.42. The standard InChI is InChI=1S/C16H24FN3O/c1-12-7-9-20(10-8-12)15(18)19-11-16(2,21)13-3-5-14(17)6-4-13/h3-6,12,21H,7-11H2,1-2H3,(H2,18,19). The third-order valence-electron chi connectivity index (χ3n) is 4.12. The fourth-order valence-electron chi connectivity index (χ4n) is 2.47. The van der Waals surface area contributed by atoms with Crippen LogP contribution in [0.5, 0.6) is 0 Å². The van der Waals surface area contributed by atoms with E-state index in [1.54, 1.807) is 19.1 Å². The molecule has 0 saturated carbocycles. The first-order chi connectivity index (χ1) is 9.88. The van der Waals surface area contributed by atoms with E-state index in [1.807, 2.05) is 0 Å². The summed E-state index contributed by atoms with van der Waals surface area (Å²) in [5.41, 5.74) is 5.49. The highest BCUT2D eigenvalue weighted by Crippen LogP contribution is 2.21. The monoisotopic (exact) mass is 293 g/mol. The Balaban J connectivity index is 1.99. The molecule has 0 amide bonds. The van der Waals surface area contributed by atoms with Crippen LogP contribution in [0.25, 0.3) is 0 Å². The molecule has 1 saturated heterocycles. The Morgan fingerprint density at radius 3 is 2.52 bits per heavy atom. The normalized spacial score (nSPS) is 20.4. The minimum atomic E-state index is -1.15. The van der Waals surface area contributed by atoms with Crippen LogP contribution in [-0.2, 0) is 5.60 Å². The SMILES string of the molecule is CC1CCN(C(N)=NCC(C)(O)c2ccc(F)cc2)CC1. The van der Waals surface area contributed by atoms with Gasteiger partial charge in [0.1, 0.15) is 11.4 Å². The van der Waals surface area contributed by atoms with Gasteiger partial charge in [-0.3, -0.25) is 0 Å². The molecule has 0 radical (unpaired) electrons. The molecule has 2 rings (SSSR count). The molecule has 4 nitrogen and oxygen atoms in total. The van der Waals surface area contributed by atoms with Gasteiger partial charge in [0.15, 0.2) is 5.96 Å². The van der Waals surface area contributed by atoms with Gasteiger partial charge >= 0.3 is 0 Å². The maximum Gasteiger partial charge on any atom is 0.191 e. The Labute approximate surface area is 125 Å². The molecule has 0 spiro atoms. The van der Waals surface area contributed by atoms with E-state index < -0.39 is 5.60 Å². The maximum atomic E-state index is 12.9. The van der Waals surface area contributed by atoms with E-state index in [-0.39, 0.29) is 12.4 Å². The zero-order chi connectivity index (χ0) is 15.5. The van der Waals surface area contributed by atoms with Crippen molar-refractivity contribution in [2.45, 2.75) is 32.3 Å². The number of nitrogens with zero attached hydrogens (tertiary/aromatic N) is 2. The van der Waals surface area contributed by atoms with E-state index in [4.69, 9.17) is 5.73 Å². The van der Waals surface area contributed by atoms with Gasteiger partial charge in [0.05, 0.1) is 6.54 Å². The summed E-state index contributed by atoms with van der Waals surface area (Å²) in [6.07, 6.45) is 2.23. The van der Waals surface area contributed by atoms with Crippen molar-refractivity contribution in [1.82, 2.24) is 4.90 Å². The number of likely N-dealkylation sites (tertiary alicyclic amines) is 1. The second-order valence-electron chi connectivity index (χ2n) is 6.12. The molecule has 0 bridgehead atoms. The predicted molar refractivity (Wildman–Crippen MR) is 82.4 cm³/mol. The number of guanidine groups is 1. The predicted octanol–water partition coefficient (Wildman–Crippen LogP) is 2.08. The average Bonchev–Trinajstić information content (AvgIpc) is 2.46. The molecule has 1 aliphatic rings. The summed E-state index contributed by atoms with van der Waals surface area (Å²) in [6.45, 7) is 5.89. The Kier molecular flexibility index (Phi) is 4.83. The van der Waals surface area contributed by atoms with Crippen molar-refractivity contribution >= 4 is 5.96 Å². The van der Waals surface area contributed by atoms with Crippen LogP contribution >= 0.6 is 0 Å². The molecule has 1 heterocycles. The number of halogens is 1. The van der Waals surface area contributed by atoms with E-state index in [0.29, 0.717) is 11.5 Å². The number of hydrogen-bond acceptors (Lipinski definition) is 2. The van der Waals surface area contributed by atoms with Gasteiger partial charge in [-0.1, -0.05) is 19.1 Å². The Morgan fingerprint density at radius 2 is 1.95 bits per heavy atom. The molecular formula is C16H24FN3O. The average molecular weight is 293 g/mol. The van der Waals surface area contributed by atoms with Crippen LogP contribution in [0.2, 0.25) is 0 Å². The molecule has 5 heteroatoms. The zero-order valence-electron chi connectivity index (χ0n) is 12.7. The van der Waals surface area contributed by atoms with E-state index in [2.05, 4.69) is 16.8 Å². The van der Waals surface area contributed by atoms with Crippen LogP contribution in [0.15, 0.2) is 29.3 Å². The van der Waals surface area contributed by atoms with Gasteiger partial charge < -0.3 is 15.7 Å². The van der Waals surface area contributed by atoms with Crippen molar-refractivity contribution in [3.05, 3.63) is 35.6 Å². The first kappa shape index (κ1) is 15.8. The van der Waals surface area contributed by atoms with Gasteiger partial charge in [-0.2, -0.15) is 0 Å². The lowest BCUT2D eigenvalue weighted by Gasteiger charge is -2.31. The number of aliphatic hydroxyl groups is 1. The number of hydrogen-bond donors (Lipinski definition) is 2. The van der Waals surface area contributed by atoms with Gasteiger partial charge in [-0.05, 0) is 43.4 Å². The molecule has 116 valence electrons. The van der Waals surface area contributed by atoms with Gasteiger partial charge in [0, 0.05) is 13.1 Å². The van der Waals surface area contributed by atoms with Gasteiger partial charge in [0.2, 0.25) is 0 Å². The smallest absolute Gasteiger partial charge is 0.191 e. The van der Waals surface area contributed by atoms with Crippen molar-refractivity contribution < 1.29 is 9.50 Å². The number of aliphatic imine (C=N–C) groups is 1. The number of nitrogens with two attached hydrogens (primary N) is 1. The molecule has 0 aromatic heterocycles. The Morgan fingerprint density at radius 1 is 1.38 bits per heavy atom. The molecule has 1 fully saturated rings. The van der Waals surface area contributed by atoms with Crippen molar-refractivity contribution in [3.8, 4) is 0 Å². The summed E-state index contributed by atoms with van der Waals surface area (Å²) >= 11 is 0. The summed E-state index contributed by atoms with van der Waals surface area (Å²) in [4.78, 5) is 6.38. The van der Waals surface area contributed by atoms with E-state index >= 15 is 0 Å². The van der Waals surface area contributed by atoms with Crippen molar-refractivity contribution in [1.29, 1.82) is 0 Å². The van der Waals surface area contributed by atoms with E-state index in [1.165, 1.54) is 12.1 Å². The summed E-state index contributed by atoms with van der Waals surface area (Å²) in [5.74, 6) is 0.890. The minimum absolute atomic E-state index is 0.163. The van der Waals surface area contributed by atoms with Crippen LogP contribution < -0.4 is 5.73 Å². The summed E-state index contributed by atoms with van der Waals surface area (Å²) in [5, 5.41) is 10.5. The molecule has 1 aromatic rings. The van der Waals surface area contributed by atoms with Crippen LogP contribution in [-0.4, -0.2) is 35.6 Å². The van der Waals surface area contributed by atoms with Crippen LogP contribution in [0.3, 0.4) is 0 Å². The molecule has 0 aliphatic carbocycles. The number of rotatable bonds is 3. The molecule has 1 unspecified atom stereocenters. The van der Waals surface area contributed by atoms with Gasteiger partial charge in [-0.25, -0.2) is 9.38 Å². The molecule has 1 aliphatic heterocycles. The molecule has 3 N–H and O–H groups in total. The third kappa shape index (κ3) is 4.17. The summed E-state index contributed by atoms with van der Waals surface area (Å²) < 4.78 is 12.9. The second kappa shape index (κ2) is 6.43. The highest BCUT2D eigenvalue weighted by Gasteiger charge is 2.24. The fourth-order valence-corrected chi connectivity index (χ4v) is 2.47. The topological polar surface area (TPSA) is 61.8 Å². The quantitative estimate of drug-likeness (QED) is 0.662. The zero-order valence-corrected chi connectivity index (χ0v) is 12.7. The lowest BCUT2D eigenvalue weighted by atomic mass is 9.96. The van der Waals surface area contributed by atoms with Crippen molar-refractivity contribution in [3.63, 3.8) is 0 Å². The first-order valence-corrected chi connectivity index (χ1v) is 7.42. The third-order valence-corrected chi connectivity index (χ3v) is 4.12. The number of piperidine rings is 1. The fraction of sp³-hybridized carbons (Fsp3) is 0.562. The lowest BCUT2D eigenvalue weighted by Crippen LogP contribution is -2.43. The second-order valence-corrected chi connectivity index (χ2v) is 6.12. The largest absolute Gasteiger partial charge is 0.384 e. The highest BCUT2D eigenvalue weighted by molar-refractivity contribution is 5.78. The molecule has 1 atom stereocenters. The van der Waals surface area contributed by atoms with Crippen LogP contribution in [0.1, 0.15) is 32.3 Å². The highest BCUT2D eigenvalue weighted by atomic mass is 19.1. The lowest BCUT2D eigenvalue weighted by molar-refractivity contribution is 0.0669. The summed E-state index contributed by atoms with van der Waals surface area (Å²) in [7, 11) is 0. The van der Waals surface area contributed by atoms with Gasteiger partial charge in [-0.15, -0.1) is 0 Å². The van der Waals surface area contributed by atoms with Crippen molar-refractivity contribution in [2.75, 3.05) is 19.6 Å². The van der Waals surface area contributed by atoms with Crippen LogP contribution in [0.4, 0.5) is 4.39 Å². The molecule has 21 heavy (non-hydrogen) atoms. The van der Waals surface area contributed by atoms with Crippen molar-refractivity contribution in [2.24, 2.45) is 16.6 Å². The maximum absolute atomic E-state index is 12.9. The Hall–Kier alpha value is -1.62. The van der Waals surface area contributed by atoms with Gasteiger partial charge in [0.25, 0.3) is 0 Å². The minimum Gasteiger partial charge on any atom is -0.384 e. The van der Waals surface area contributed by atoms with E-state index in [0.717, 1.165) is 31.8 Å². The van der Waals surface area contributed by atoms with E-state index in [9.17, 15) is 9.50 Å². The Bertz CT molecular complexity index is 491. The molecular weight excluding hydrogens is 269 g/mol. The number of benzene rings is 1. The molecule has 1 aromatic carbocycles. The van der Waals surface area contributed by atoms with Crippen LogP contribution in [0, 0.1) is 11.7 Å². The summed E-state index contributed by atoms with van der Waals surface area (Å²) in [6, 6.07) is 5.82.